The maximum absolute atomic E-state index is 12.4. The molecule has 0 spiro atoms. The minimum Gasteiger partial charge on any atom is -0.388 e. The summed E-state index contributed by atoms with van der Waals surface area (Å²) < 4.78 is 0. The Morgan fingerprint density at radius 1 is 1.29 bits per heavy atom. The zero-order valence-electron chi connectivity index (χ0n) is 12.6. The number of benzene rings is 1. The highest BCUT2D eigenvalue weighted by atomic mass is 16.3. The molecule has 0 aliphatic heterocycles. The highest BCUT2D eigenvalue weighted by Crippen LogP contribution is 2.30. The second kappa shape index (κ2) is 7.41. The molecule has 0 aromatic heterocycles. The summed E-state index contributed by atoms with van der Waals surface area (Å²) in [5.41, 5.74) is 0.407. The summed E-state index contributed by atoms with van der Waals surface area (Å²) in [5.74, 6) is 0.0964. The first-order chi connectivity index (χ1) is 10.1. The van der Waals surface area contributed by atoms with Crippen molar-refractivity contribution in [2.24, 2.45) is 0 Å². The first kappa shape index (κ1) is 15.8. The van der Waals surface area contributed by atoms with E-state index in [1.165, 1.54) is 0 Å². The quantitative estimate of drug-likeness (QED) is 0.782. The van der Waals surface area contributed by atoms with Crippen molar-refractivity contribution < 1.29 is 9.90 Å². The third-order valence-electron chi connectivity index (χ3n) is 4.15. The predicted molar refractivity (Wildman–Crippen MR) is 84.7 cm³/mol. The number of hydrogen-bond acceptors (Lipinski definition) is 2. The lowest BCUT2D eigenvalue weighted by Gasteiger charge is -2.31. The van der Waals surface area contributed by atoms with Crippen LogP contribution in [0.5, 0.6) is 0 Å². The molecular weight excluding hydrogens is 262 g/mol. The van der Waals surface area contributed by atoms with Gasteiger partial charge in [-0.1, -0.05) is 49.2 Å². The molecule has 1 saturated carbocycles. The third kappa shape index (κ3) is 4.71. The smallest absolute Gasteiger partial charge is 0.223 e. The summed E-state index contributed by atoms with van der Waals surface area (Å²) >= 11 is 0. The molecule has 1 fully saturated rings. The van der Waals surface area contributed by atoms with Crippen molar-refractivity contribution in [3.63, 3.8) is 0 Å². The van der Waals surface area contributed by atoms with Crippen molar-refractivity contribution in [3.05, 3.63) is 48.6 Å². The third-order valence-corrected chi connectivity index (χ3v) is 4.15. The first-order valence-corrected chi connectivity index (χ1v) is 7.78. The van der Waals surface area contributed by atoms with E-state index < -0.39 is 5.60 Å². The number of amides is 1. The summed E-state index contributed by atoms with van der Waals surface area (Å²) in [5, 5.41) is 10.6. The van der Waals surface area contributed by atoms with E-state index in [1.54, 1.807) is 6.08 Å². The van der Waals surface area contributed by atoms with Gasteiger partial charge < -0.3 is 10.0 Å². The molecule has 1 aliphatic rings. The van der Waals surface area contributed by atoms with Crippen LogP contribution in [0.25, 0.3) is 0 Å². The zero-order valence-corrected chi connectivity index (χ0v) is 12.6. The van der Waals surface area contributed by atoms with Crippen LogP contribution in [0.4, 0.5) is 0 Å². The lowest BCUT2D eigenvalue weighted by atomic mass is 10.0. The second-order valence-corrected chi connectivity index (χ2v) is 5.99. The van der Waals surface area contributed by atoms with Gasteiger partial charge in [-0.2, -0.15) is 0 Å². The Labute approximate surface area is 127 Å². The maximum Gasteiger partial charge on any atom is 0.223 e. The molecule has 0 atom stereocenters. The standard InChI is InChI=1S/C18H25NO2/c1-2-3-11-17(20)19(14-16-9-5-4-6-10-16)15-18(21)12-7-8-13-18/h2,4-6,9-10,21H,1,3,7-8,11-15H2. The SMILES string of the molecule is C=CCCC(=O)N(Cc1ccccc1)CC1(O)CCCC1. The minimum atomic E-state index is -0.696. The zero-order chi connectivity index (χ0) is 15.1. The Morgan fingerprint density at radius 3 is 2.57 bits per heavy atom. The Hall–Kier alpha value is -1.61. The number of carbonyl (C=O) groups excluding carboxylic acids is 1. The van der Waals surface area contributed by atoms with E-state index in [0.717, 1.165) is 31.2 Å². The molecule has 3 nitrogen and oxygen atoms in total. The van der Waals surface area contributed by atoms with Crippen LogP contribution in [0.2, 0.25) is 0 Å². The number of rotatable bonds is 7. The van der Waals surface area contributed by atoms with Gasteiger partial charge in [-0.25, -0.2) is 0 Å². The average molecular weight is 287 g/mol. The molecule has 0 heterocycles. The molecule has 1 N–H and O–H groups in total. The molecule has 0 saturated heterocycles. The van der Waals surface area contributed by atoms with E-state index in [0.29, 0.717) is 25.9 Å². The van der Waals surface area contributed by atoms with Crippen molar-refractivity contribution in [3.8, 4) is 0 Å². The van der Waals surface area contributed by atoms with Crippen LogP contribution in [-0.4, -0.2) is 28.1 Å². The average Bonchev–Trinajstić information content (AvgIpc) is 2.92. The van der Waals surface area contributed by atoms with Crippen molar-refractivity contribution >= 4 is 5.91 Å². The van der Waals surface area contributed by atoms with Crippen LogP contribution in [0, 0.1) is 0 Å². The fourth-order valence-corrected chi connectivity index (χ4v) is 2.97. The molecule has 1 aliphatic carbocycles. The molecule has 3 heteroatoms. The van der Waals surface area contributed by atoms with Crippen LogP contribution in [0.15, 0.2) is 43.0 Å². The molecule has 0 bridgehead atoms. The van der Waals surface area contributed by atoms with Crippen molar-refractivity contribution in [1.82, 2.24) is 4.90 Å². The number of hydrogen-bond donors (Lipinski definition) is 1. The van der Waals surface area contributed by atoms with Crippen LogP contribution in [-0.2, 0) is 11.3 Å². The van der Waals surface area contributed by atoms with Gasteiger partial charge in [0.2, 0.25) is 5.91 Å². The van der Waals surface area contributed by atoms with E-state index in [9.17, 15) is 9.90 Å². The molecule has 1 aromatic carbocycles. The Balaban J connectivity index is 2.05. The number of nitrogens with zero attached hydrogens (tertiary/aromatic N) is 1. The Bertz CT molecular complexity index is 463. The van der Waals surface area contributed by atoms with Crippen molar-refractivity contribution in [2.75, 3.05) is 6.54 Å². The van der Waals surface area contributed by atoms with Crippen molar-refractivity contribution in [2.45, 2.75) is 50.7 Å². The Morgan fingerprint density at radius 2 is 1.95 bits per heavy atom. The van der Waals surface area contributed by atoms with Gasteiger partial charge in [0, 0.05) is 19.5 Å². The van der Waals surface area contributed by atoms with E-state index in [4.69, 9.17) is 0 Å². The maximum atomic E-state index is 12.4. The molecule has 21 heavy (non-hydrogen) atoms. The largest absolute Gasteiger partial charge is 0.388 e. The van der Waals surface area contributed by atoms with Crippen LogP contribution in [0.3, 0.4) is 0 Å². The normalized spacial score (nSPS) is 16.6. The van der Waals surface area contributed by atoms with E-state index >= 15 is 0 Å². The molecule has 0 unspecified atom stereocenters. The van der Waals surface area contributed by atoms with E-state index in [1.807, 2.05) is 35.2 Å². The fourth-order valence-electron chi connectivity index (χ4n) is 2.97. The minimum absolute atomic E-state index is 0.0964. The first-order valence-electron chi connectivity index (χ1n) is 7.78. The van der Waals surface area contributed by atoms with E-state index in [2.05, 4.69) is 6.58 Å². The predicted octanol–water partition coefficient (Wildman–Crippen LogP) is 3.29. The monoisotopic (exact) mass is 287 g/mol. The van der Waals surface area contributed by atoms with E-state index in [-0.39, 0.29) is 5.91 Å². The topological polar surface area (TPSA) is 40.5 Å². The van der Waals surface area contributed by atoms with Gasteiger partial charge in [0.05, 0.1) is 5.60 Å². The van der Waals surface area contributed by atoms with Gasteiger partial charge in [-0.15, -0.1) is 6.58 Å². The number of allylic oxidation sites excluding steroid dienone is 1. The molecule has 1 amide bonds. The van der Waals surface area contributed by atoms with Crippen LogP contribution >= 0.6 is 0 Å². The molecule has 0 radical (unpaired) electrons. The van der Waals surface area contributed by atoms with Gasteiger partial charge in [-0.3, -0.25) is 4.79 Å². The summed E-state index contributed by atoms with van der Waals surface area (Å²) in [6.07, 6.45) is 6.62. The molecular formula is C18H25NO2. The van der Waals surface area contributed by atoms with Gasteiger partial charge in [0.1, 0.15) is 0 Å². The number of aliphatic hydroxyl groups is 1. The highest BCUT2D eigenvalue weighted by Gasteiger charge is 2.34. The molecule has 114 valence electrons. The fraction of sp³-hybridized carbons (Fsp3) is 0.500. The van der Waals surface area contributed by atoms with Gasteiger partial charge in [-0.05, 0) is 24.8 Å². The molecule has 1 aromatic rings. The summed E-state index contributed by atoms with van der Waals surface area (Å²) in [6.45, 7) is 4.68. The lowest BCUT2D eigenvalue weighted by molar-refractivity contribution is -0.135. The summed E-state index contributed by atoms with van der Waals surface area (Å²) in [4.78, 5) is 14.2. The highest BCUT2D eigenvalue weighted by molar-refractivity contribution is 5.76. The van der Waals surface area contributed by atoms with Crippen LogP contribution < -0.4 is 0 Å². The molecule has 2 rings (SSSR count). The summed E-state index contributed by atoms with van der Waals surface area (Å²) in [7, 11) is 0. The number of carbonyl (C=O) groups is 1. The lowest BCUT2D eigenvalue weighted by Crippen LogP contribution is -2.43. The second-order valence-electron chi connectivity index (χ2n) is 5.99. The summed E-state index contributed by atoms with van der Waals surface area (Å²) in [6, 6.07) is 9.97. The van der Waals surface area contributed by atoms with Crippen LogP contribution in [0.1, 0.15) is 44.1 Å². The Kier molecular flexibility index (Phi) is 5.57. The van der Waals surface area contributed by atoms with Crippen molar-refractivity contribution in [1.29, 1.82) is 0 Å². The van der Waals surface area contributed by atoms with Gasteiger partial charge in [0.25, 0.3) is 0 Å². The van der Waals surface area contributed by atoms with Gasteiger partial charge >= 0.3 is 0 Å². The van der Waals surface area contributed by atoms with Gasteiger partial charge in [0.15, 0.2) is 0 Å².